The number of amides is 1. The lowest BCUT2D eigenvalue weighted by Crippen LogP contribution is -2.49. The number of rotatable bonds is 7. The van der Waals surface area contributed by atoms with Crippen LogP contribution in [0.15, 0.2) is 52.9 Å². The summed E-state index contributed by atoms with van der Waals surface area (Å²) in [5, 5.41) is 0.752. The second-order valence-corrected chi connectivity index (χ2v) is 19.4. The van der Waals surface area contributed by atoms with E-state index in [1.807, 2.05) is 32.0 Å². The Morgan fingerprint density at radius 3 is 2.75 bits per heavy atom. The number of allylic oxidation sites excluding steroid dienone is 1. The number of Topliss-reactive ketones (excluding diaryl/α,β-unsaturated/α-hetero) is 1. The number of ether oxygens (including phenoxy) is 3. The van der Waals surface area contributed by atoms with Crippen molar-refractivity contribution in [1.29, 1.82) is 0 Å². The van der Waals surface area contributed by atoms with Crippen LogP contribution in [0.5, 0.6) is 5.75 Å². The molecule has 0 radical (unpaired) electrons. The molecule has 0 N–H and O–H groups in total. The normalized spacial score (nSPS) is 35.1. The number of halogens is 1. The third-order valence-corrected chi connectivity index (χ3v) is 15.0. The van der Waals surface area contributed by atoms with Crippen molar-refractivity contribution in [3.05, 3.63) is 70.3 Å². The van der Waals surface area contributed by atoms with Gasteiger partial charge in [0.05, 0.1) is 39.5 Å². The molecule has 5 aliphatic rings. The smallest absolute Gasteiger partial charge is 0.285 e. The van der Waals surface area contributed by atoms with Gasteiger partial charge in [0.15, 0.2) is 0 Å². The molecule has 2 saturated carbocycles. The second-order valence-electron chi connectivity index (χ2n) is 16.6. The Morgan fingerprint density at radius 2 is 2.00 bits per heavy atom. The molecule has 8 nitrogen and oxygen atoms in total. The summed E-state index contributed by atoms with van der Waals surface area (Å²) >= 11 is 6.47. The van der Waals surface area contributed by atoms with E-state index < -0.39 is 15.6 Å². The Labute approximate surface area is 315 Å². The third-order valence-electron chi connectivity index (χ3n) is 12.4. The summed E-state index contributed by atoms with van der Waals surface area (Å²) < 4.78 is 37.7. The quantitative estimate of drug-likeness (QED) is 0.263. The SMILES string of the molecule is CCOC1(C)CC(CC(=O)C[S@@]2(=O)=NC(=O)c3ccc4c(c3)N(C[C@@H]3CC[C@H]3[C@@H](OC)/C=C/C[C@H](C)C2)C[C@@]2(CCCc3cc(Cl)ccc32)CO4)C1. The van der Waals surface area contributed by atoms with Gasteiger partial charge < -0.3 is 19.1 Å². The van der Waals surface area contributed by atoms with Gasteiger partial charge in [-0.2, -0.15) is 4.36 Å². The molecule has 2 aromatic rings. The number of nitrogens with zero attached hydrogens (tertiary/aromatic N) is 2. The van der Waals surface area contributed by atoms with E-state index >= 15 is 0 Å². The minimum atomic E-state index is -3.19. The first-order valence-electron chi connectivity index (χ1n) is 19.3. The van der Waals surface area contributed by atoms with Crippen molar-refractivity contribution in [2.75, 3.05) is 49.8 Å². The van der Waals surface area contributed by atoms with Gasteiger partial charge in [-0.1, -0.05) is 36.7 Å². The lowest BCUT2D eigenvalue weighted by Gasteiger charge is -2.46. The zero-order valence-electron chi connectivity index (χ0n) is 31.2. The molecule has 2 heterocycles. The lowest BCUT2D eigenvalue weighted by atomic mass is 9.68. The fourth-order valence-electron chi connectivity index (χ4n) is 9.87. The summed E-state index contributed by atoms with van der Waals surface area (Å²) in [6.45, 7) is 8.80. The zero-order chi connectivity index (χ0) is 36.7. The van der Waals surface area contributed by atoms with E-state index in [2.05, 4.69) is 40.5 Å². The van der Waals surface area contributed by atoms with Crippen LogP contribution in [0.3, 0.4) is 0 Å². The Balaban J connectivity index is 1.23. The standard InChI is InChI=1S/C42H55ClN2O6S/c1-5-51-41(3)21-29(22-41)18-34(46)25-52(48)24-28(2)8-6-10-38(49-4)35-14-11-32(35)23-45-26-42(17-7-9-30-19-33(43)13-15-36(30)42)27-50-39-16-12-31(20-37(39)45)40(47)44-52/h6,10,12-13,15-16,19-20,28-29,32,35,38H,5,7-9,11,14,17-18,21-27H2,1-4H3/b10-6+/t28-,29?,32-,35+,38-,41?,42-,52+/m0/s1. The maximum absolute atomic E-state index is 14.7. The Bertz CT molecular complexity index is 1830. The second kappa shape index (κ2) is 15.2. The number of anilines is 1. The molecule has 282 valence electrons. The fourth-order valence-corrected chi connectivity index (χ4v) is 12.4. The maximum Gasteiger partial charge on any atom is 0.285 e. The van der Waals surface area contributed by atoms with Crippen molar-refractivity contribution in [2.45, 2.75) is 95.7 Å². The van der Waals surface area contributed by atoms with E-state index in [0.29, 0.717) is 43.5 Å². The molecule has 2 bridgehead atoms. The summed E-state index contributed by atoms with van der Waals surface area (Å²) in [5.41, 5.74) is 3.37. The molecule has 2 fully saturated rings. The molecule has 10 heteroatoms. The Kier molecular flexibility index (Phi) is 11.0. The van der Waals surface area contributed by atoms with Gasteiger partial charge >= 0.3 is 0 Å². The average molecular weight is 751 g/mol. The van der Waals surface area contributed by atoms with Crippen molar-refractivity contribution in [3.63, 3.8) is 0 Å². The number of fused-ring (bicyclic) bond motifs is 4. The number of ketones is 1. The van der Waals surface area contributed by atoms with Gasteiger partial charge in [-0.3, -0.25) is 9.59 Å². The average Bonchev–Trinajstić information content (AvgIpc) is 3.21. The summed E-state index contributed by atoms with van der Waals surface area (Å²) in [7, 11) is -1.40. The van der Waals surface area contributed by atoms with Crippen molar-refractivity contribution in [3.8, 4) is 5.75 Å². The van der Waals surface area contributed by atoms with Crippen LogP contribution in [-0.4, -0.2) is 72.5 Å². The van der Waals surface area contributed by atoms with Crippen LogP contribution in [0.1, 0.15) is 93.6 Å². The Hall–Kier alpha value is -2.72. The van der Waals surface area contributed by atoms with Crippen molar-refractivity contribution < 1.29 is 28.0 Å². The van der Waals surface area contributed by atoms with Crippen molar-refractivity contribution in [2.24, 2.45) is 28.0 Å². The fraction of sp³-hybridized carbons (Fsp3) is 0.619. The number of methoxy groups -OCH3 is 1. The third kappa shape index (κ3) is 7.89. The van der Waals surface area contributed by atoms with Gasteiger partial charge in [0.2, 0.25) is 0 Å². The predicted octanol–water partition coefficient (Wildman–Crippen LogP) is 8.22. The lowest BCUT2D eigenvalue weighted by molar-refractivity contribution is -0.129. The highest BCUT2D eigenvalue weighted by atomic mass is 35.5. The Morgan fingerprint density at radius 1 is 1.17 bits per heavy atom. The van der Waals surface area contributed by atoms with Crippen molar-refractivity contribution in [1.82, 2.24) is 0 Å². The minimum absolute atomic E-state index is 0.0264. The molecule has 2 aromatic carbocycles. The molecule has 2 aliphatic heterocycles. The number of hydrogen-bond acceptors (Lipinski definition) is 7. The van der Waals surface area contributed by atoms with E-state index in [4.69, 9.17) is 25.8 Å². The molecule has 0 saturated heterocycles. The summed E-state index contributed by atoms with van der Waals surface area (Å²) in [6.07, 6.45) is 12.1. The molecular weight excluding hydrogens is 696 g/mol. The molecule has 3 aliphatic carbocycles. The van der Waals surface area contributed by atoms with E-state index in [9.17, 15) is 13.8 Å². The van der Waals surface area contributed by atoms with E-state index in [-0.39, 0.29) is 46.2 Å². The summed E-state index contributed by atoms with van der Waals surface area (Å²) in [4.78, 5) is 30.0. The highest BCUT2D eigenvalue weighted by molar-refractivity contribution is 7.94. The number of carbonyl (C=O) groups excluding carboxylic acids is 2. The monoisotopic (exact) mass is 750 g/mol. The first kappa shape index (κ1) is 37.6. The van der Waals surface area contributed by atoms with Crippen LogP contribution in [0.4, 0.5) is 5.69 Å². The van der Waals surface area contributed by atoms with Crippen LogP contribution in [-0.2, 0) is 35.8 Å². The van der Waals surface area contributed by atoms with Gasteiger partial charge in [0.25, 0.3) is 5.91 Å². The van der Waals surface area contributed by atoms with E-state index in [1.165, 1.54) is 11.1 Å². The minimum Gasteiger partial charge on any atom is -0.490 e. The molecular formula is C42H55ClN2O6S. The maximum atomic E-state index is 14.7. The number of benzene rings is 2. The first-order chi connectivity index (χ1) is 24.9. The molecule has 52 heavy (non-hydrogen) atoms. The highest BCUT2D eigenvalue weighted by Crippen LogP contribution is 2.47. The largest absolute Gasteiger partial charge is 0.490 e. The number of hydrogen-bond donors (Lipinski definition) is 0. The van der Waals surface area contributed by atoms with Gasteiger partial charge in [-0.25, -0.2) is 4.21 Å². The van der Waals surface area contributed by atoms with Gasteiger partial charge in [0, 0.05) is 55.0 Å². The molecule has 0 aromatic heterocycles. The van der Waals surface area contributed by atoms with Crippen LogP contribution in [0, 0.1) is 23.7 Å². The van der Waals surface area contributed by atoms with E-state index in [0.717, 1.165) is 74.5 Å². The predicted molar refractivity (Wildman–Crippen MR) is 207 cm³/mol. The van der Waals surface area contributed by atoms with Crippen LogP contribution in [0.25, 0.3) is 0 Å². The zero-order valence-corrected chi connectivity index (χ0v) is 32.8. The first-order valence-corrected chi connectivity index (χ1v) is 21.6. The van der Waals surface area contributed by atoms with Gasteiger partial charge in [-0.15, -0.1) is 0 Å². The van der Waals surface area contributed by atoms with Crippen LogP contribution in [0.2, 0.25) is 5.02 Å². The van der Waals surface area contributed by atoms with Gasteiger partial charge in [-0.05, 0) is 130 Å². The number of aryl methyl sites for hydroxylation is 1. The summed E-state index contributed by atoms with van der Waals surface area (Å²) in [5.74, 6) is 0.980. The molecule has 1 amide bonds. The molecule has 0 unspecified atom stereocenters. The number of carbonyl (C=O) groups is 2. The van der Waals surface area contributed by atoms with Gasteiger partial charge in [0.1, 0.15) is 11.5 Å². The molecule has 6 atom stereocenters. The topological polar surface area (TPSA) is 94.5 Å². The highest BCUT2D eigenvalue weighted by Gasteiger charge is 2.45. The van der Waals surface area contributed by atoms with Crippen LogP contribution >= 0.6 is 11.6 Å². The van der Waals surface area contributed by atoms with Crippen LogP contribution < -0.4 is 9.64 Å². The molecule has 7 rings (SSSR count). The molecule has 1 spiro atoms. The van der Waals surface area contributed by atoms with Crippen molar-refractivity contribution >= 4 is 38.7 Å². The van der Waals surface area contributed by atoms with E-state index in [1.54, 1.807) is 13.2 Å². The summed E-state index contributed by atoms with van der Waals surface area (Å²) in [6, 6.07) is 11.8.